The lowest BCUT2D eigenvalue weighted by Crippen LogP contribution is -2.47. The molecule has 2 aromatic carbocycles. The lowest BCUT2D eigenvalue weighted by atomic mass is 9.69. The number of rotatable bonds is 10. The molecule has 1 aliphatic rings. The van der Waals surface area contributed by atoms with Crippen molar-refractivity contribution in [2.45, 2.75) is 57.4 Å². The Balaban J connectivity index is 1.73. The second kappa shape index (κ2) is 11.7. The van der Waals surface area contributed by atoms with Crippen molar-refractivity contribution in [2.24, 2.45) is 5.41 Å². The molecule has 0 bridgehead atoms. The molecule has 0 aliphatic heterocycles. The molecule has 34 heavy (non-hydrogen) atoms. The SMILES string of the molecule is CN(C)c1ccc(NC(=O)[C@@H](Cc2ccccc2)NC(=O)CC2(CC(=O)O)CCCCC2)cc1. The molecule has 1 saturated carbocycles. The van der Waals surface area contributed by atoms with Crippen LogP contribution in [0.5, 0.6) is 0 Å². The fourth-order valence-corrected chi connectivity index (χ4v) is 4.76. The first kappa shape index (κ1) is 25.3. The normalized spacial score (nSPS) is 15.7. The van der Waals surface area contributed by atoms with E-state index in [1.54, 1.807) is 0 Å². The average molecular weight is 466 g/mol. The van der Waals surface area contributed by atoms with Crippen LogP contribution in [0.3, 0.4) is 0 Å². The summed E-state index contributed by atoms with van der Waals surface area (Å²) in [6.07, 6.45) is 4.81. The molecule has 0 spiro atoms. The fraction of sp³-hybridized carbons (Fsp3) is 0.444. The molecule has 2 aromatic rings. The Morgan fingerprint density at radius 3 is 2.18 bits per heavy atom. The monoisotopic (exact) mass is 465 g/mol. The highest BCUT2D eigenvalue weighted by molar-refractivity contribution is 5.97. The molecule has 1 aliphatic carbocycles. The molecular formula is C27H35N3O4. The van der Waals surface area contributed by atoms with Crippen LogP contribution in [0, 0.1) is 5.41 Å². The molecule has 7 heteroatoms. The lowest BCUT2D eigenvalue weighted by Gasteiger charge is -2.36. The molecule has 0 saturated heterocycles. The van der Waals surface area contributed by atoms with Gasteiger partial charge in [0.1, 0.15) is 6.04 Å². The summed E-state index contributed by atoms with van der Waals surface area (Å²) < 4.78 is 0. The first-order valence-corrected chi connectivity index (χ1v) is 11.9. The summed E-state index contributed by atoms with van der Waals surface area (Å²) in [5.74, 6) is -1.46. The maximum atomic E-state index is 13.2. The van der Waals surface area contributed by atoms with Crippen molar-refractivity contribution in [3.8, 4) is 0 Å². The van der Waals surface area contributed by atoms with E-state index in [0.717, 1.165) is 43.4 Å². The molecule has 3 rings (SSSR count). The molecule has 0 unspecified atom stereocenters. The summed E-state index contributed by atoms with van der Waals surface area (Å²) in [6, 6.07) is 16.3. The molecule has 0 heterocycles. The number of carboxylic acid groups (broad SMARTS) is 1. The van der Waals surface area contributed by atoms with Crippen molar-refractivity contribution < 1.29 is 19.5 Å². The molecule has 0 radical (unpaired) electrons. The molecular weight excluding hydrogens is 430 g/mol. The number of carbonyl (C=O) groups excluding carboxylic acids is 2. The Bertz CT molecular complexity index is 967. The van der Waals surface area contributed by atoms with Crippen molar-refractivity contribution >= 4 is 29.2 Å². The number of aliphatic carboxylic acids is 1. The van der Waals surface area contributed by atoms with Gasteiger partial charge in [-0.15, -0.1) is 0 Å². The number of amides is 2. The van der Waals surface area contributed by atoms with E-state index < -0.39 is 17.4 Å². The lowest BCUT2D eigenvalue weighted by molar-refractivity contribution is -0.141. The minimum absolute atomic E-state index is 0.0197. The minimum Gasteiger partial charge on any atom is -0.481 e. The molecule has 3 N–H and O–H groups in total. The number of carboxylic acids is 1. The van der Waals surface area contributed by atoms with Gasteiger partial charge in [-0.1, -0.05) is 49.6 Å². The Morgan fingerprint density at radius 1 is 0.941 bits per heavy atom. The minimum atomic E-state index is -0.880. The summed E-state index contributed by atoms with van der Waals surface area (Å²) in [6.45, 7) is 0. The van der Waals surface area contributed by atoms with Gasteiger partial charge in [0.2, 0.25) is 11.8 Å². The summed E-state index contributed by atoms with van der Waals surface area (Å²) in [5, 5.41) is 15.2. The van der Waals surface area contributed by atoms with Gasteiger partial charge in [0.05, 0.1) is 6.42 Å². The maximum Gasteiger partial charge on any atom is 0.303 e. The van der Waals surface area contributed by atoms with Gasteiger partial charge < -0.3 is 20.6 Å². The second-order valence-corrected chi connectivity index (χ2v) is 9.55. The Hall–Kier alpha value is -3.35. The number of hydrogen-bond acceptors (Lipinski definition) is 4. The topological polar surface area (TPSA) is 98.7 Å². The molecule has 2 amide bonds. The summed E-state index contributed by atoms with van der Waals surface area (Å²) >= 11 is 0. The van der Waals surface area contributed by atoms with Gasteiger partial charge in [0.25, 0.3) is 0 Å². The van der Waals surface area contributed by atoms with Crippen molar-refractivity contribution in [3.05, 3.63) is 60.2 Å². The van der Waals surface area contributed by atoms with E-state index in [-0.39, 0.29) is 24.7 Å². The van der Waals surface area contributed by atoms with Crippen LogP contribution >= 0.6 is 0 Å². The van der Waals surface area contributed by atoms with Gasteiger partial charge in [0, 0.05) is 38.3 Å². The summed E-state index contributed by atoms with van der Waals surface area (Å²) in [4.78, 5) is 39.7. The third kappa shape index (κ3) is 7.33. The van der Waals surface area contributed by atoms with Crippen molar-refractivity contribution in [2.75, 3.05) is 24.3 Å². The zero-order chi connectivity index (χ0) is 24.6. The van der Waals surface area contributed by atoms with Crippen LogP contribution in [0.25, 0.3) is 0 Å². The number of nitrogens with one attached hydrogen (secondary N) is 2. The quantitative estimate of drug-likeness (QED) is 0.488. The number of benzene rings is 2. The summed E-state index contributed by atoms with van der Waals surface area (Å²) in [5.41, 5.74) is 2.06. The predicted octanol–water partition coefficient (Wildman–Crippen LogP) is 4.23. The van der Waals surface area contributed by atoms with Crippen LogP contribution in [0.4, 0.5) is 11.4 Å². The molecule has 0 aromatic heterocycles. The van der Waals surface area contributed by atoms with Crippen LogP contribution in [-0.2, 0) is 20.8 Å². The first-order valence-electron chi connectivity index (χ1n) is 11.9. The maximum absolute atomic E-state index is 13.2. The van der Waals surface area contributed by atoms with Gasteiger partial charge in [-0.3, -0.25) is 14.4 Å². The second-order valence-electron chi connectivity index (χ2n) is 9.55. The van der Waals surface area contributed by atoms with E-state index in [4.69, 9.17) is 0 Å². The van der Waals surface area contributed by atoms with Crippen molar-refractivity contribution in [1.29, 1.82) is 0 Å². The number of hydrogen-bond donors (Lipinski definition) is 3. The molecule has 1 atom stereocenters. The highest BCUT2D eigenvalue weighted by Gasteiger charge is 2.37. The van der Waals surface area contributed by atoms with Crippen LogP contribution < -0.4 is 15.5 Å². The van der Waals surface area contributed by atoms with E-state index in [1.165, 1.54) is 0 Å². The average Bonchev–Trinajstić information content (AvgIpc) is 2.79. The molecule has 7 nitrogen and oxygen atoms in total. The summed E-state index contributed by atoms with van der Waals surface area (Å²) in [7, 11) is 3.89. The number of anilines is 2. The highest BCUT2D eigenvalue weighted by Crippen LogP contribution is 2.42. The zero-order valence-electron chi connectivity index (χ0n) is 20.0. The zero-order valence-corrected chi connectivity index (χ0v) is 20.0. The Kier molecular flexibility index (Phi) is 8.68. The highest BCUT2D eigenvalue weighted by atomic mass is 16.4. The van der Waals surface area contributed by atoms with Gasteiger partial charge >= 0.3 is 5.97 Å². The van der Waals surface area contributed by atoms with Gasteiger partial charge in [0.15, 0.2) is 0 Å². The number of carbonyl (C=O) groups is 3. The van der Waals surface area contributed by atoms with Crippen LogP contribution in [-0.4, -0.2) is 43.0 Å². The van der Waals surface area contributed by atoms with Gasteiger partial charge in [-0.05, 0) is 48.1 Å². The Morgan fingerprint density at radius 2 is 1.59 bits per heavy atom. The molecule has 1 fully saturated rings. The predicted molar refractivity (Wildman–Crippen MR) is 134 cm³/mol. The van der Waals surface area contributed by atoms with E-state index in [0.29, 0.717) is 12.1 Å². The van der Waals surface area contributed by atoms with Gasteiger partial charge in [-0.2, -0.15) is 0 Å². The smallest absolute Gasteiger partial charge is 0.303 e. The van der Waals surface area contributed by atoms with E-state index >= 15 is 0 Å². The third-order valence-corrected chi connectivity index (χ3v) is 6.56. The van der Waals surface area contributed by atoms with E-state index in [1.807, 2.05) is 73.6 Å². The molecule has 182 valence electrons. The third-order valence-electron chi connectivity index (χ3n) is 6.56. The largest absolute Gasteiger partial charge is 0.481 e. The van der Waals surface area contributed by atoms with E-state index in [9.17, 15) is 19.5 Å². The Labute approximate surface area is 201 Å². The standard InChI is InChI=1S/C27H35N3O4/c1-30(2)22-13-11-21(12-14-22)28-26(34)23(17-20-9-5-3-6-10-20)29-24(31)18-27(19-25(32)33)15-7-4-8-16-27/h3,5-6,9-14,23H,4,7-8,15-19H2,1-2H3,(H,28,34)(H,29,31)(H,32,33)/t23-/m1/s1. The van der Waals surface area contributed by atoms with Crippen LogP contribution in [0.1, 0.15) is 50.5 Å². The first-order chi connectivity index (χ1) is 16.3. The number of nitrogens with zero attached hydrogens (tertiary/aromatic N) is 1. The van der Waals surface area contributed by atoms with Crippen molar-refractivity contribution in [1.82, 2.24) is 5.32 Å². The fourth-order valence-electron chi connectivity index (χ4n) is 4.76. The van der Waals surface area contributed by atoms with Crippen LogP contribution in [0.15, 0.2) is 54.6 Å². The van der Waals surface area contributed by atoms with Crippen molar-refractivity contribution in [3.63, 3.8) is 0 Å². The van der Waals surface area contributed by atoms with Gasteiger partial charge in [-0.25, -0.2) is 0 Å². The van der Waals surface area contributed by atoms with E-state index in [2.05, 4.69) is 10.6 Å². The van der Waals surface area contributed by atoms with Crippen LogP contribution in [0.2, 0.25) is 0 Å².